The van der Waals surface area contributed by atoms with E-state index in [1.54, 1.807) is 12.4 Å². The molecule has 0 N–H and O–H groups in total. The lowest BCUT2D eigenvalue weighted by Gasteiger charge is -1.98. The summed E-state index contributed by atoms with van der Waals surface area (Å²) in [6.07, 6.45) is 3.49. The smallest absolute Gasteiger partial charge is 0.234 e. The van der Waals surface area contributed by atoms with E-state index in [0.29, 0.717) is 11.7 Å². The summed E-state index contributed by atoms with van der Waals surface area (Å²) in [6.45, 7) is 3.69. The molecule has 2 aromatic rings. The maximum atomic E-state index is 11.6. The average molecular weight is 310 g/mol. The highest BCUT2D eigenvalue weighted by molar-refractivity contribution is 9.10. The number of rotatable bonds is 4. The third-order valence-electron chi connectivity index (χ3n) is 2.40. The molecule has 0 radical (unpaired) electrons. The molecule has 0 aliphatic heterocycles. The van der Waals surface area contributed by atoms with Crippen LogP contribution in [0.1, 0.15) is 19.7 Å². The van der Waals surface area contributed by atoms with Gasteiger partial charge in [-0.15, -0.1) is 0 Å². The fourth-order valence-electron chi connectivity index (χ4n) is 1.33. The SMILES string of the molecule is CC(C)C(=O)Cc1nc(-c2cncc(Br)c2)no1. The van der Waals surface area contributed by atoms with E-state index in [2.05, 4.69) is 31.1 Å². The number of aromatic nitrogens is 3. The van der Waals surface area contributed by atoms with Gasteiger partial charge in [-0.25, -0.2) is 0 Å². The molecule has 0 aliphatic rings. The highest BCUT2D eigenvalue weighted by Gasteiger charge is 2.15. The molecule has 6 heteroatoms. The van der Waals surface area contributed by atoms with Crippen LogP contribution in [0.15, 0.2) is 27.5 Å². The van der Waals surface area contributed by atoms with Crippen molar-refractivity contribution in [2.45, 2.75) is 20.3 Å². The Morgan fingerprint density at radius 1 is 1.44 bits per heavy atom. The highest BCUT2D eigenvalue weighted by atomic mass is 79.9. The highest BCUT2D eigenvalue weighted by Crippen LogP contribution is 2.19. The second-order valence-corrected chi connectivity index (χ2v) is 5.12. The first-order chi connectivity index (χ1) is 8.56. The molecule has 18 heavy (non-hydrogen) atoms. The van der Waals surface area contributed by atoms with Crippen LogP contribution < -0.4 is 0 Å². The molecule has 0 amide bonds. The molecule has 5 nitrogen and oxygen atoms in total. The maximum Gasteiger partial charge on any atom is 0.234 e. The standard InChI is InChI=1S/C12H12BrN3O2/c1-7(2)10(17)4-11-15-12(16-18-11)8-3-9(13)6-14-5-8/h3,5-7H,4H2,1-2H3. The number of carbonyl (C=O) groups excluding carboxylic acids is 1. The molecule has 0 aromatic carbocycles. The van der Waals surface area contributed by atoms with Crippen LogP contribution in [-0.2, 0) is 11.2 Å². The van der Waals surface area contributed by atoms with Crippen molar-refractivity contribution in [3.05, 3.63) is 28.8 Å². The van der Waals surface area contributed by atoms with Gasteiger partial charge in [0.2, 0.25) is 11.7 Å². The fourth-order valence-corrected chi connectivity index (χ4v) is 1.70. The zero-order valence-corrected chi connectivity index (χ0v) is 11.6. The predicted octanol–water partition coefficient (Wildman–Crippen LogP) is 2.66. The molecule has 0 atom stereocenters. The van der Waals surface area contributed by atoms with E-state index < -0.39 is 0 Å². The first kappa shape index (κ1) is 12.9. The summed E-state index contributed by atoms with van der Waals surface area (Å²) in [7, 11) is 0. The summed E-state index contributed by atoms with van der Waals surface area (Å²) in [6, 6.07) is 1.84. The molecule has 0 spiro atoms. The molecule has 0 fully saturated rings. The molecule has 94 valence electrons. The summed E-state index contributed by atoms with van der Waals surface area (Å²) in [5.41, 5.74) is 0.747. The zero-order chi connectivity index (χ0) is 13.1. The van der Waals surface area contributed by atoms with Crippen LogP contribution >= 0.6 is 15.9 Å². The van der Waals surface area contributed by atoms with E-state index >= 15 is 0 Å². The molecule has 0 unspecified atom stereocenters. The van der Waals surface area contributed by atoms with Crippen LogP contribution in [-0.4, -0.2) is 20.9 Å². The Morgan fingerprint density at radius 3 is 2.89 bits per heavy atom. The number of ketones is 1. The van der Waals surface area contributed by atoms with Crippen molar-refractivity contribution in [3.63, 3.8) is 0 Å². The normalized spacial score (nSPS) is 10.9. The van der Waals surface area contributed by atoms with Gasteiger partial charge >= 0.3 is 0 Å². The van der Waals surface area contributed by atoms with E-state index in [1.807, 2.05) is 19.9 Å². The first-order valence-corrected chi connectivity index (χ1v) is 6.32. The fraction of sp³-hybridized carbons (Fsp3) is 0.333. The van der Waals surface area contributed by atoms with Crippen LogP contribution in [0.4, 0.5) is 0 Å². The molecule has 0 saturated carbocycles. The van der Waals surface area contributed by atoms with Gasteiger partial charge in [-0.3, -0.25) is 9.78 Å². The quantitative estimate of drug-likeness (QED) is 0.868. The third-order valence-corrected chi connectivity index (χ3v) is 2.83. The molecular weight excluding hydrogens is 298 g/mol. The number of pyridine rings is 1. The van der Waals surface area contributed by atoms with Crippen molar-refractivity contribution in [2.75, 3.05) is 0 Å². The van der Waals surface area contributed by atoms with Gasteiger partial charge in [-0.1, -0.05) is 19.0 Å². The second-order valence-electron chi connectivity index (χ2n) is 4.20. The van der Waals surface area contributed by atoms with E-state index in [4.69, 9.17) is 4.52 Å². The Kier molecular flexibility index (Phi) is 3.86. The van der Waals surface area contributed by atoms with Gasteiger partial charge in [0.25, 0.3) is 0 Å². The van der Waals surface area contributed by atoms with Gasteiger partial charge in [-0.05, 0) is 22.0 Å². The summed E-state index contributed by atoms with van der Waals surface area (Å²) < 4.78 is 5.89. The minimum absolute atomic E-state index is 0.0344. The van der Waals surface area contributed by atoms with E-state index in [1.165, 1.54) is 0 Å². The number of hydrogen-bond acceptors (Lipinski definition) is 5. The van der Waals surface area contributed by atoms with Gasteiger partial charge in [0, 0.05) is 28.3 Å². The van der Waals surface area contributed by atoms with Crippen LogP contribution in [0, 0.1) is 5.92 Å². The van der Waals surface area contributed by atoms with Crippen LogP contribution in [0.25, 0.3) is 11.4 Å². The molecule has 2 heterocycles. The monoisotopic (exact) mass is 309 g/mol. The van der Waals surface area contributed by atoms with Gasteiger partial charge < -0.3 is 4.52 Å². The van der Waals surface area contributed by atoms with Crippen molar-refractivity contribution < 1.29 is 9.32 Å². The lowest BCUT2D eigenvalue weighted by molar-refractivity contribution is -0.121. The minimum Gasteiger partial charge on any atom is -0.338 e. The van der Waals surface area contributed by atoms with E-state index in [9.17, 15) is 4.79 Å². The summed E-state index contributed by atoms with van der Waals surface area (Å²) in [5, 5.41) is 3.84. The predicted molar refractivity (Wildman–Crippen MR) is 68.8 cm³/mol. The Bertz CT molecular complexity index is 566. The first-order valence-electron chi connectivity index (χ1n) is 5.52. The lowest BCUT2D eigenvalue weighted by Crippen LogP contribution is -2.10. The number of halogens is 1. The van der Waals surface area contributed by atoms with Crippen molar-refractivity contribution in [3.8, 4) is 11.4 Å². The summed E-state index contributed by atoms with van der Waals surface area (Å²) in [5.74, 6) is 0.824. The molecule has 2 aromatic heterocycles. The lowest BCUT2D eigenvalue weighted by atomic mass is 10.1. The number of nitrogens with zero attached hydrogens (tertiary/aromatic N) is 3. The van der Waals surface area contributed by atoms with Crippen LogP contribution in [0.3, 0.4) is 0 Å². The number of Topliss-reactive ketones (excluding diaryl/α,β-unsaturated/α-hetero) is 1. The van der Waals surface area contributed by atoms with Gasteiger partial charge in [0.05, 0.1) is 6.42 Å². The Morgan fingerprint density at radius 2 is 2.22 bits per heavy atom. The average Bonchev–Trinajstić information content (AvgIpc) is 2.77. The van der Waals surface area contributed by atoms with Crippen LogP contribution in [0.2, 0.25) is 0 Å². The molecule has 0 saturated heterocycles. The van der Waals surface area contributed by atoms with Crippen molar-refractivity contribution >= 4 is 21.7 Å². The minimum atomic E-state index is -0.0344. The van der Waals surface area contributed by atoms with Gasteiger partial charge in [-0.2, -0.15) is 4.98 Å². The zero-order valence-electron chi connectivity index (χ0n) is 10.1. The summed E-state index contributed by atoms with van der Waals surface area (Å²) >= 11 is 3.32. The van der Waals surface area contributed by atoms with E-state index in [-0.39, 0.29) is 18.1 Å². The number of carbonyl (C=O) groups is 1. The van der Waals surface area contributed by atoms with Crippen molar-refractivity contribution in [1.29, 1.82) is 0 Å². The molecule has 0 aliphatic carbocycles. The van der Waals surface area contributed by atoms with Crippen molar-refractivity contribution in [2.24, 2.45) is 5.92 Å². The van der Waals surface area contributed by atoms with Crippen molar-refractivity contribution in [1.82, 2.24) is 15.1 Å². The Balaban J connectivity index is 2.18. The third kappa shape index (κ3) is 3.01. The Hall–Kier alpha value is -1.56. The summed E-state index contributed by atoms with van der Waals surface area (Å²) in [4.78, 5) is 19.8. The maximum absolute atomic E-state index is 11.6. The number of hydrogen-bond donors (Lipinski definition) is 0. The van der Waals surface area contributed by atoms with Crippen LogP contribution in [0.5, 0.6) is 0 Å². The molecular formula is C12H12BrN3O2. The van der Waals surface area contributed by atoms with Gasteiger partial charge in [0.1, 0.15) is 5.78 Å². The largest absolute Gasteiger partial charge is 0.338 e. The Labute approximate surface area is 113 Å². The topological polar surface area (TPSA) is 68.9 Å². The second kappa shape index (κ2) is 5.39. The van der Waals surface area contributed by atoms with E-state index in [0.717, 1.165) is 10.0 Å². The molecule has 2 rings (SSSR count). The molecule has 0 bridgehead atoms. The van der Waals surface area contributed by atoms with Gasteiger partial charge in [0.15, 0.2) is 0 Å².